The average molecular weight is 545 g/mol. The van der Waals surface area contributed by atoms with Crippen LogP contribution in [0.2, 0.25) is 0 Å². The molecular formula is C34H36N6O. The van der Waals surface area contributed by atoms with Gasteiger partial charge in [-0.2, -0.15) is 5.10 Å². The van der Waals surface area contributed by atoms with Crippen molar-refractivity contribution in [2.75, 3.05) is 5.73 Å². The predicted molar refractivity (Wildman–Crippen MR) is 163 cm³/mol. The number of nitrogen functional groups attached to an aromatic ring is 1. The number of unbranched alkanes of at least 4 members (excludes halogenated alkanes) is 2. The molecule has 2 N–H and O–H groups in total. The first-order chi connectivity index (χ1) is 20.1. The summed E-state index contributed by atoms with van der Waals surface area (Å²) < 4.78 is 2.10. The molecule has 7 heteroatoms. The minimum Gasteiger partial charge on any atom is -0.383 e. The number of benzene rings is 3. The molecule has 0 radical (unpaired) electrons. The number of carbonyl (C=O) groups excluding carboxylic acids is 1. The van der Waals surface area contributed by atoms with Crippen molar-refractivity contribution in [3.8, 4) is 22.5 Å². The fourth-order valence-corrected chi connectivity index (χ4v) is 4.93. The minimum absolute atomic E-state index is 0.101. The van der Waals surface area contributed by atoms with Gasteiger partial charge >= 0.3 is 0 Å². The monoisotopic (exact) mass is 544 g/mol. The van der Waals surface area contributed by atoms with Crippen molar-refractivity contribution in [2.45, 2.75) is 52.2 Å². The number of amides is 1. The number of aryl methyl sites for hydroxylation is 2. The molecule has 5 aromatic rings. The molecule has 3 aromatic carbocycles. The zero-order valence-corrected chi connectivity index (χ0v) is 23.5. The van der Waals surface area contributed by atoms with Crippen molar-refractivity contribution in [3.63, 3.8) is 0 Å². The number of nitrogens with zero attached hydrogens (tertiary/aromatic N) is 5. The fraction of sp³-hybridized carbons (Fsp3) is 0.235. The van der Waals surface area contributed by atoms with Crippen molar-refractivity contribution in [3.05, 3.63) is 120 Å². The molecule has 41 heavy (non-hydrogen) atoms. The lowest BCUT2D eigenvalue weighted by Gasteiger charge is -2.23. The largest absolute Gasteiger partial charge is 0.383 e. The van der Waals surface area contributed by atoms with E-state index in [1.807, 2.05) is 66.4 Å². The number of rotatable bonds is 12. The van der Waals surface area contributed by atoms with Gasteiger partial charge in [-0.1, -0.05) is 97.4 Å². The van der Waals surface area contributed by atoms with Crippen LogP contribution < -0.4 is 5.73 Å². The van der Waals surface area contributed by atoms with Crippen molar-refractivity contribution in [1.29, 1.82) is 0 Å². The fourth-order valence-electron chi connectivity index (χ4n) is 4.93. The summed E-state index contributed by atoms with van der Waals surface area (Å²) in [6, 6.07) is 32.8. The van der Waals surface area contributed by atoms with Crippen LogP contribution in [0.3, 0.4) is 0 Å². The van der Waals surface area contributed by atoms with Gasteiger partial charge in [0.05, 0.1) is 17.9 Å². The Morgan fingerprint density at radius 2 is 1.49 bits per heavy atom. The Labute approximate surface area is 241 Å². The number of carbonyl (C=O) groups is 1. The molecule has 0 spiro atoms. The molecule has 208 valence electrons. The molecule has 0 aliphatic rings. The molecule has 0 unspecified atom stereocenters. The lowest BCUT2D eigenvalue weighted by Crippen LogP contribution is -2.30. The van der Waals surface area contributed by atoms with Crippen LogP contribution in [0.4, 0.5) is 5.82 Å². The van der Waals surface area contributed by atoms with Crippen LogP contribution in [0.1, 0.15) is 42.6 Å². The molecule has 5 rings (SSSR count). The quantitative estimate of drug-likeness (QED) is 0.177. The Balaban J connectivity index is 1.21. The highest BCUT2D eigenvalue weighted by atomic mass is 16.2. The van der Waals surface area contributed by atoms with E-state index in [1.54, 1.807) is 6.20 Å². The summed E-state index contributed by atoms with van der Waals surface area (Å²) in [5, 5.41) is 4.94. The van der Waals surface area contributed by atoms with Crippen molar-refractivity contribution in [1.82, 2.24) is 24.6 Å². The van der Waals surface area contributed by atoms with Gasteiger partial charge in [-0.05, 0) is 37.0 Å². The molecule has 2 aromatic heterocycles. The maximum absolute atomic E-state index is 13.4. The smallest absolute Gasteiger partial charge is 0.223 e. The van der Waals surface area contributed by atoms with Crippen LogP contribution in [0, 0.1) is 6.92 Å². The van der Waals surface area contributed by atoms with E-state index < -0.39 is 0 Å². The zero-order chi connectivity index (χ0) is 28.4. The molecule has 0 atom stereocenters. The van der Waals surface area contributed by atoms with Gasteiger partial charge in [0.15, 0.2) is 0 Å². The number of hydrogen-bond acceptors (Lipinski definition) is 5. The number of hydrogen-bond donors (Lipinski definition) is 1. The van der Waals surface area contributed by atoms with E-state index in [0.717, 1.165) is 59.4 Å². The Kier molecular flexibility index (Phi) is 9.16. The third-order valence-corrected chi connectivity index (χ3v) is 7.13. The van der Waals surface area contributed by atoms with Gasteiger partial charge in [-0.15, -0.1) is 0 Å². The third-order valence-electron chi connectivity index (χ3n) is 7.13. The van der Waals surface area contributed by atoms with Crippen molar-refractivity contribution < 1.29 is 4.79 Å². The maximum atomic E-state index is 13.4. The molecule has 0 aliphatic carbocycles. The second-order valence-electron chi connectivity index (χ2n) is 10.2. The molecule has 0 aliphatic heterocycles. The first-order valence-corrected chi connectivity index (χ1v) is 14.2. The molecule has 0 saturated carbocycles. The van der Waals surface area contributed by atoms with Crippen LogP contribution in [-0.2, 0) is 24.4 Å². The summed E-state index contributed by atoms with van der Waals surface area (Å²) >= 11 is 0. The molecule has 1 amide bonds. The molecule has 0 bridgehead atoms. The minimum atomic E-state index is 0.101. The van der Waals surface area contributed by atoms with E-state index in [0.29, 0.717) is 31.2 Å². The van der Waals surface area contributed by atoms with E-state index in [1.165, 1.54) is 0 Å². The number of anilines is 1. The van der Waals surface area contributed by atoms with Gasteiger partial charge in [0.1, 0.15) is 11.6 Å². The van der Waals surface area contributed by atoms with Gasteiger partial charge in [-0.25, -0.2) is 9.97 Å². The van der Waals surface area contributed by atoms with Gasteiger partial charge in [0.25, 0.3) is 0 Å². The van der Waals surface area contributed by atoms with E-state index in [2.05, 4.69) is 57.1 Å². The lowest BCUT2D eigenvalue weighted by atomic mass is 10.1. The molecule has 2 heterocycles. The number of aromatic nitrogens is 4. The molecule has 7 nitrogen and oxygen atoms in total. The SMILES string of the molecule is Cc1ncc(CN(Cc2ccccc2)C(=O)CCCCCn2nc(-c3ccccc3)cc2-c2ccccc2)c(N)n1. The average Bonchev–Trinajstić information content (AvgIpc) is 3.43. The standard InChI is InChI=1S/C34H36N6O/c1-26-36-23-30(34(35)37-26)25-39(24-27-14-6-2-7-15-27)33(41)20-12-5-13-21-40-32(29-18-10-4-11-19-29)22-31(38-40)28-16-8-3-9-17-28/h2-4,6-11,14-19,22-23H,5,12-13,20-21,24-25H2,1H3,(H2,35,36,37). The second kappa shape index (κ2) is 13.5. The Bertz CT molecular complexity index is 1550. The Morgan fingerprint density at radius 1 is 0.829 bits per heavy atom. The summed E-state index contributed by atoms with van der Waals surface area (Å²) in [5.74, 6) is 1.15. The zero-order valence-electron chi connectivity index (χ0n) is 23.5. The van der Waals surface area contributed by atoms with Gasteiger partial charge < -0.3 is 10.6 Å². The van der Waals surface area contributed by atoms with Crippen LogP contribution in [0.15, 0.2) is 103 Å². The summed E-state index contributed by atoms with van der Waals surface area (Å²) in [6.07, 6.45) is 4.85. The maximum Gasteiger partial charge on any atom is 0.223 e. The highest BCUT2D eigenvalue weighted by Gasteiger charge is 2.17. The van der Waals surface area contributed by atoms with Gasteiger partial charge in [0, 0.05) is 36.8 Å². The highest BCUT2D eigenvalue weighted by Crippen LogP contribution is 2.26. The van der Waals surface area contributed by atoms with Crippen molar-refractivity contribution in [2.24, 2.45) is 0 Å². The lowest BCUT2D eigenvalue weighted by molar-refractivity contribution is -0.132. The summed E-state index contributed by atoms with van der Waals surface area (Å²) in [5.41, 5.74) is 12.3. The van der Waals surface area contributed by atoms with Gasteiger partial charge in [0.2, 0.25) is 5.91 Å². The molecule has 0 saturated heterocycles. The van der Waals surface area contributed by atoms with E-state index in [9.17, 15) is 4.79 Å². The topological polar surface area (TPSA) is 89.9 Å². The first-order valence-electron chi connectivity index (χ1n) is 14.2. The van der Waals surface area contributed by atoms with Gasteiger partial charge in [-0.3, -0.25) is 9.48 Å². The van der Waals surface area contributed by atoms with E-state index >= 15 is 0 Å². The predicted octanol–water partition coefficient (Wildman–Crippen LogP) is 6.69. The van der Waals surface area contributed by atoms with Crippen LogP contribution >= 0.6 is 0 Å². The van der Waals surface area contributed by atoms with Crippen LogP contribution in [-0.4, -0.2) is 30.6 Å². The normalized spacial score (nSPS) is 11.0. The Morgan fingerprint density at radius 3 is 2.17 bits per heavy atom. The molecule has 0 fully saturated rings. The van der Waals surface area contributed by atoms with E-state index in [-0.39, 0.29) is 5.91 Å². The molecular weight excluding hydrogens is 508 g/mol. The number of nitrogens with two attached hydrogens (primary N) is 1. The first kappa shape index (κ1) is 27.8. The van der Waals surface area contributed by atoms with Crippen LogP contribution in [0.5, 0.6) is 0 Å². The summed E-state index contributed by atoms with van der Waals surface area (Å²) in [7, 11) is 0. The Hall–Kier alpha value is -4.78. The van der Waals surface area contributed by atoms with Crippen molar-refractivity contribution >= 4 is 11.7 Å². The summed E-state index contributed by atoms with van der Waals surface area (Å²) in [4.78, 5) is 23.8. The van der Waals surface area contributed by atoms with E-state index in [4.69, 9.17) is 10.8 Å². The summed E-state index contributed by atoms with van der Waals surface area (Å²) in [6.45, 7) is 3.50. The third kappa shape index (κ3) is 7.45. The van der Waals surface area contributed by atoms with Crippen LogP contribution in [0.25, 0.3) is 22.5 Å². The second-order valence-corrected chi connectivity index (χ2v) is 10.2. The highest BCUT2D eigenvalue weighted by molar-refractivity contribution is 5.76.